The highest BCUT2D eigenvalue weighted by atomic mass is 35.5. The van der Waals surface area contributed by atoms with Gasteiger partial charge in [-0.15, -0.1) is 0 Å². The minimum atomic E-state index is -0.266. The Morgan fingerprint density at radius 3 is 2.64 bits per heavy atom. The molecule has 0 radical (unpaired) electrons. The number of hydrogen-bond donors (Lipinski definition) is 3. The predicted molar refractivity (Wildman–Crippen MR) is 98.5 cm³/mol. The second-order valence-corrected chi connectivity index (χ2v) is 7.09. The molecule has 0 fully saturated rings. The number of nitrogens with one attached hydrogen (secondary N) is 3. The van der Waals surface area contributed by atoms with Crippen molar-refractivity contribution in [3.8, 4) is 11.5 Å². The minimum Gasteiger partial charge on any atom is -0.486 e. The molecule has 0 unspecified atom stereocenters. The third-order valence-corrected chi connectivity index (χ3v) is 3.55. The molecule has 25 heavy (non-hydrogen) atoms. The first-order valence-corrected chi connectivity index (χ1v) is 8.50. The van der Waals surface area contributed by atoms with E-state index < -0.39 is 0 Å². The highest BCUT2D eigenvalue weighted by Crippen LogP contribution is 2.38. The van der Waals surface area contributed by atoms with Crippen molar-refractivity contribution < 1.29 is 14.3 Å². The zero-order valence-corrected chi connectivity index (χ0v) is 15.8. The summed E-state index contributed by atoms with van der Waals surface area (Å²) >= 11 is 6.23. The molecule has 0 bridgehead atoms. The lowest BCUT2D eigenvalue weighted by Gasteiger charge is -2.21. The predicted octanol–water partition coefficient (Wildman–Crippen LogP) is 1.69. The molecule has 2 rings (SSSR count). The lowest BCUT2D eigenvalue weighted by Crippen LogP contribution is -2.48. The topological polar surface area (TPSA) is 84.0 Å². The fraction of sp³-hybridized carbons (Fsp3) is 0.529. The second-order valence-electron chi connectivity index (χ2n) is 6.68. The zero-order chi connectivity index (χ0) is 18.4. The molecule has 3 N–H and O–H groups in total. The number of carbonyl (C=O) groups is 1. The first-order valence-electron chi connectivity index (χ1n) is 8.12. The molecular formula is C17H25ClN4O3. The SMILES string of the molecule is CN=C(NCC(=O)NC(C)(C)C)NCc1cc(Cl)c2c(c1)OCCO2. The van der Waals surface area contributed by atoms with Gasteiger partial charge in [0.1, 0.15) is 13.2 Å². The summed E-state index contributed by atoms with van der Waals surface area (Å²) < 4.78 is 11.1. The van der Waals surface area contributed by atoms with Crippen molar-refractivity contribution in [2.24, 2.45) is 4.99 Å². The van der Waals surface area contributed by atoms with Gasteiger partial charge in [-0.05, 0) is 38.5 Å². The highest BCUT2D eigenvalue weighted by Gasteiger charge is 2.17. The average Bonchev–Trinajstić information content (AvgIpc) is 2.53. The van der Waals surface area contributed by atoms with Gasteiger partial charge in [-0.1, -0.05) is 11.6 Å². The number of benzene rings is 1. The van der Waals surface area contributed by atoms with E-state index >= 15 is 0 Å². The molecule has 0 aliphatic carbocycles. The van der Waals surface area contributed by atoms with Crippen LogP contribution in [-0.4, -0.2) is 44.2 Å². The highest BCUT2D eigenvalue weighted by molar-refractivity contribution is 6.32. The molecule has 1 aliphatic heterocycles. The molecule has 0 saturated heterocycles. The van der Waals surface area contributed by atoms with Crippen LogP contribution >= 0.6 is 11.6 Å². The van der Waals surface area contributed by atoms with E-state index in [1.807, 2.05) is 32.9 Å². The van der Waals surface area contributed by atoms with Crippen molar-refractivity contribution in [2.45, 2.75) is 32.9 Å². The maximum atomic E-state index is 11.9. The lowest BCUT2D eigenvalue weighted by molar-refractivity contribution is -0.121. The lowest BCUT2D eigenvalue weighted by atomic mass is 10.1. The van der Waals surface area contributed by atoms with Crippen molar-refractivity contribution in [1.29, 1.82) is 0 Å². The monoisotopic (exact) mass is 368 g/mol. The Hall–Kier alpha value is -2.15. The normalized spacial score (nSPS) is 14.0. The van der Waals surface area contributed by atoms with E-state index in [0.29, 0.717) is 42.2 Å². The summed E-state index contributed by atoms with van der Waals surface area (Å²) in [5.41, 5.74) is 0.661. The van der Waals surface area contributed by atoms with Crippen LogP contribution in [0.2, 0.25) is 5.02 Å². The number of aliphatic imine (C=N–C) groups is 1. The van der Waals surface area contributed by atoms with E-state index in [9.17, 15) is 4.79 Å². The van der Waals surface area contributed by atoms with Crippen LogP contribution in [0.25, 0.3) is 0 Å². The largest absolute Gasteiger partial charge is 0.486 e. The first-order chi connectivity index (χ1) is 11.8. The summed E-state index contributed by atoms with van der Waals surface area (Å²) in [6.07, 6.45) is 0. The Bertz CT molecular complexity index is 656. The summed E-state index contributed by atoms with van der Waals surface area (Å²) in [7, 11) is 1.65. The average molecular weight is 369 g/mol. The standard InChI is InChI=1S/C17H25ClN4O3/c1-17(2,3)22-14(23)10-21-16(19-4)20-9-11-7-12(18)15-13(8-11)24-5-6-25-15/h7-8H,5-6,9-10H2,1-4H3,(H,22,23)(H2,19,20,21). The molecular weight excluding hydrogens is 344 g/mol. The fourth-order valence-electron chi connectivity index (χ4n) is 2.30. The molecule has 0 saturated carbocycles. The number of fused-ring (bicyclic) bond motifs is 1. The van der Waals surface area contributed by atoms with Crippen LogP contribution < -0.4 is 25.4 Å². The number of carbonyl (C=O) groups excluding carboxylic acids is 1. The molecule has 8 heteroatoms. The van der Waals surface area contributed by atoms with E-state index in [1.165, 1.54) is 0 Å². The number of nitrogens with zero attached hydrogens (tertiary/aromatic N) is 1. The van der Waals surface area contributed by atoms with Gasteiger partial charge in [-0.3, -0.25) is 9.79 Å². The number of amides is 1. The van der Waals surface area contributed by atoms with Gasteiger partial charge >= 0.3 is 0 Å². The number of hydrogen-bond acceptors (Lipinski definition) is 4. The summed E-state index contributed by atoms with van der Waals surface area (Å²) in [5, 5.41) is 9.52. The fourth-order valence-corrected chi connectivity index (χ4v) is 2.59. The van der Waals surface area contributed by atoms with Crippen LogP contribution in [0, 0.1) is 0 Å². The Balaban J connectivity index is 1.89. The smallest absolute Gasteiger partial charge is 0.239 e. The Morgan fingerprint density at radius 2 is 1.96 bits per heavy atom. The molecule has 1 aliphatic rings. The first kappa shape index (κ1) is 19.2. The van der Waals surface area contributed by atoms with Crippen molar-refractivity contribution in [2.75, 3.05) is 26.8 Å². The van der Waals surface area contributed by atoms with Crippen LogP contribution in [0.3, 0.4) is 0 Å². The third-order valence-electron chi connectivity index (χ3n) is 3.27. The van der Waals surface area contributed by atoms with Crippen molar-refractivity contribution in [1.82, 2.24) is 16.0 Å². The van der Waals surface area contributed by atoms with Gasteiger partial charge in [0.2, 0.25) is 5.91 Å². The van der Waals surface area contributed by atoms with Gasteiger partial charge in [-0.2, -0.15) is 0 Å². The van der Waals surface area contributed by atoms with Gasteiger partial charge in [0.15, 0.2) is 17.5 Å². The zero-order valence-electron chi connectivity index (χ0n) is 15.0. The van der Waals surface area contributed by atoms with Gasteiger partial charge in [0.05, 0.1) is 11.6 Å². The molecule has 0 atom stereocenters. The molecule has 1 amide bonds. The molecule has 7 nitrogen and oxygen atoms in total. The quantitative estimate of drug-likeness (QED) is 0.556. The van der Waals surface area contributed by atoms with E-state index in [-0.39, 0.29) is 18.0 Å². The molecule has 1 aromatic carbocycles. The summed E-state index contributed by atoms with van der Waals surface area (Å²) in [4.78, 5) is 16.0. The minimum absolute atomic E-state index is 0.0992. The number of halogens is 1. The van der Waals surface area contributed by atoms with Crippen LogP contribution in [0.5, 0.6) is 11.5 Å². The molecule has 138 valence electrons. The second kappa shape index (κ2) is 8.29. The summed E-state index contributed by atoms with van der Waals surface area (Å²) in [5.74, 6) is 1.65. The summed E-state index contributed by atoms with van der Waals surface area (Å²) in [6, 6.07) is 3.70. The van der Waals surface area contributed by atoms with E-state index in [4.69, 9.17) is 21.1 Å². The number of guanidine groups is 1. The Kier molecular flexibility index (Phi) is 6.36. The van der Waals surface area contributed by atoms with Crippen LogP contribution in [-0.2, 0) is 11.3 Å². The maximum Gasteiger partial charge on any atom is 0.239 e. The third kappa shape index (κ3) is 6.01. The molecule has 1 aromatic rings. The van der Waals surface area contributed by atoms with Crippen LogP contribution in [0.4, 0.5) is 0 Å². The Morgan fingerprint density at radius 1 is 1.24 bits per heavy atom. The molecule has 1 heterocycles. The van der Waals surface area contributed by atoms with Gasteiger partial charge in [0, 0.05) is 19.1 Å². The van der Waals surface area contributed by atoms with Crippen molar-refractivity contribution in [3.05, 3.63) is 22.7 Å². The Labute approximate surface area is 153 Å². The number of rotatable bonds is 4. The molecule has 0 aromatic heterocycles. The van der Waals surface area contributed by atoms with Crippen LogP contribution in [0.1, 0.15) is 26.3 Å². The van der Waals surface area contributed by atoms with Crippen molar-refractivity contribution >= 4 is 23.5 Å². The molecule has 0 spiro atoms. The maximum absolute atomic E-state index is 11.9. The van der Waals surface area contributed by atoms with Crippen LogP contribution in [0.15, 0.2) is 17.1 Å². The van der Waals surface area contributed by atoms with Gasteiger partial charge in [-0.25, -0.2) is 0 Å². The summed E-state index contributed by atoms with van der Waals surface area (Å²) in [6.45, 7) is 7.43. The van der Waals surface area contributed by atoms with Gasteiger partial charge in [0.25, 0.3) is 0 Å². The van der Waals surface area contributed by atoms with E-state index in [2.05, 4.69) is 20.9 Å². The van der Waals surface area contributed by atoms with E-state index in [1.54, 1.807) is 7.05 Å². The van der Waals surface area contributed by atoms with E-state index in [0.717, 1.165) is 5.56 Å². The van der Waals surface area contributed by atoms with Crippen molar-refractivity contribution in [3.63, 3.8) is 0 Å². The number of ether oxygens (including phenoxy) is 2. The van der Waals surface area contributed by atoms with Gasteiger partial charge < -0.3 is 25.4 Å².